The Labute approximate surface area is 119 Å². The van der Waals surface area contributed by atoms with E-state index in [2.05, 4.69) is 30.7 Å². The van der Waals surface area contributed by atoms with Gasteiger partial charge >= 0.3 is 0 Å². The van der Waals surface area contributed by atoms with Gasteiger partial charge in [0.05, 0.1) is 11.5 Å². The van der Waals surface area contributed by atoms with Gasteiger partial charge in [0.2, 0.25) is 17.0 Å². The van der Waals surface area contributed by atoms with Crippen LogP contribution in [0.25, 0.3) is 0 Å². The highest BCUT2D eigenvalue weighted by atomic mass is 32.2. The molecule has 0 aliphatic carbocycles. The number of amides is 1. The van der Waals surface area contributed by atoms with E-state index in [0.717, 1.165) is 23.0 Å². The van der Waals surface area contributed by atoms with Crippen molar-refractivity contribution >= 4 is 29.3 Å². The average Bonchev–Trinajstić information content (AvgIpc) is 2.91. The summed E-state index contributed by atoms with van der Waals surface area (Å²) in [5.41, 5.74) is 9.46. The molecule has 104 valence electrons. The molecule has 0 bridgehead atoms. The lowest BCUT2D eigenvalue weighted by Crippen LogP contribution is -2.13. The predicted octanol–water partition coefficient (Wildman–Crippen LogP) is 0.613. The molecule has 8 nitrogen and oxygen atoms in total. The van der Waals surface area contributed by atoms with Gasteiger partial charge in [-0.05, 0) is 13.0 Å². The first kappa shape index (κ1) is 14.0. The highest BCUT2D eigenvalue weighted by molar-refractivity contribution is 7.99. The minimum atomic E-state index is -0.417. The summed E-state index contributed by atoms with van der Waals surface area (Å²) >= 11 is 1.15. The standard InChI is InChI=1S/C11H13N7OS/c1-7(8-3-2-4-13-5-8)15-16-10-14-11(18-17-10)20-6-9(12)19/h2-5H,6H2,1H3,(H2,12,19)(H2,14,16,17,18)/b15-7+. The number of nitrogens with two attached hydrogens (primary N) is 1. The number of anilines is 1. The molecule has 0 saturated heterocycles. The van der Waals surface area contributed by atoms with Crippen molar-refractivity contribution in [2.24, 2.45) is 10.8 Å². The van der Waals surface area contributed by atoms with Crippen LogP contribution in [0, 0.1) is 0 Å². The fourth-order valence-electron chi connectivity index (χ4n) is 1.27. The number of hydrogen-bond acceptors (Lipinski definition) is 7. The van der Waals surface area contributed by atoms with Gasteiger partial charge < -0.3 is 5.73 Å². The minimum Gasteiger partial charge on any atom is -0.369 e. The average molecular weight is 291 g/mol. The molecule has 0 saturated carbocycles. The Morgan fingerprint density at radius 2 is 2.45 bits per heavy atom. The maximum atomic E-state index is 10.6. The van der Waals surface area contributed by atoms with Crippen molar-refractivity contribution in [1.82, 2.24) is 20.2 Å². The number of thioether (sulfide) groups is 1. The van der Waals surface area contributed by atoms with Crippen LogP contribution in [0.15, 0.2) is 34.8 Å². The molecule has 2 aromatic heterocycles. The van der Waals surface area contributed by atoms with E-state index in [0.29, 0.717) is 11.1 Å². The SMILES string of the molecule is C/C(=N\Nc1nc(SCC(N)=O)n[nH]1)c1cccnc1. The summed E-state index contributed by atoms with van der Waals surface area (Å²) in [4.78, 5) is 18.8. The van der Waals surface area contributed by atoms with Gasteiger partial charge in [-0.1, -0.05) is 17.8 Å². The van der Waals surface area contributed by atoms with E-state index in [4.69, 9.17) is 5.73 Å². The molecular formula is C11H13N7OS. The van der Waals surface area contributed by atoms with Crippen LogP contribution < -0.4 is 11.2 Å². The molecule has 2 aromatic rings. The van der Waals surface area contributed by atoms with Crippen LogP contribution in [0.3, 0.4) is 0 Å². The Morgan fingerprint density at radius 1 is 1.60 bits per heavy atom. The van der Waals surface area contributed by atoms with Gasteiger partial charge in [0.1, 0.15) is 0 Å². The molecule has 2 rings (SSSR count). The number of aromatic amines is 1. The van der Waals surface area contributed by atoms with Gasteiger partial charge in [0.15, 0.2) is 0 Å². The topological polar surface area (TPSA) is 122 Å². The lowest BCUT2D eigenvalue weighted by molar-refractivity contribution is -0.115. The van der Waals surface area contributed by atoms with E-state index in [1.807, 2.05) is 19.1 Å². The van der Waals surface area contributed by atoms with E-state index < -0.39 is 5.91 Å². The van der Waals surface area contributed by atoms with Gasteiger partial charge in [-0.3, -0.25) is 9.78 Å². The second kappa shape index (κ2) is 6.66. The maximum absolute atomic E-state index is 10.6. The van der Waals surface area contributed by atoms with E-state index in [1.165, 1.54) is 0 Å². The zero-order valence-corrected chi connectivity index (χ0v) is 11.5. The fourth-order valence-corrected chi connectivity index (χ4v) is 1.81. The van der Waals surface area contributed by atoms with Crippen LogP contribution in [0.2, 0.25) is 0 Å². The monoisotopic (exact) mass is 291 g/mol. The van der Waals surface area contributed by atoms with Crippen molar-refractivity contribution in [2.45, 2.75) is 12.1 Å². The van der Waals surface area contributed by atoms with E-state index in [9.17, 15) is 4.79 Å². The molecule has 0 spiro atoms. The van der Waals surface area contributed by atoms with Gasteiger partial charge in [-0.15, -0.1) is 5.10 Å². The molecular weight excluding hydrogens is 278 g/mol. The van der Waals surface area contributed by atoms with E-state index >= 15 is 0 Å². The summed E-state index contributed by atoms with van der Waals surface area (Å²) in [5, 5.41) is 11.2. The summed E-state index contributed by atoms with van der Waals surface area (Å²) in [6.07, 6.45) is 3.41. The number of primary amides is 1. The second-order valence-corrected chi connectivity index (χ2v) is 4.71. The number of H-pyrrole nitrogens is 1. The Balaban J connectivity index is 1.95. The Morgan fingerprint density at radius 3 is 3.15 bits per heavy atom. The highest BCUT2D eigenvalue weighted by Gasteiger charge is 2.05. The molecule has 9 heteroatoms. The Hall–Kier alpha value is -2.42. The van der Waals surface area contributed by atoms with Crippen LogP contribution in [0.4, 0.5) is 5.95 Å². The molecule has 0 aliphatic heterocycles. The van der Waals surface area contributed by atoms with Crippen LogP contribution in [0.1, 0.15) is 12.5 Å². The number of carbonyl (C=O) groups is 1. The van der Waals surface area contributed by atoms with Gasteiger partial charge in [0, 0.05) is 18.0 Å². The van der Waals surface area contributed by atoms with Crippen LogP contribution in [-0.2, 0) is 4.79 Å². The summed E-state index contributed by atoms with van der Waals surface area (Å²) in [7, 11) is 0. The highest BCUT2D eigenvalue weighted by Crippen LogP contribution is 2.13. The first-order chi connectivity index (χ1) is 9.65. The van der Waals surface area contributed by atoms with Crippen molar-refractivity contribution in [1.29, 1.82) is 0 Å². The zero-order valence-electron chi connectivity index (χ0n) is 10.7. The molecule has 2 heterocycles. The van der Waals surface area contributed by atoms with Crippen LogP contribution in [-0.4, -0.2) is 37.5 Å². The number of carbonyl (C=O) groups excluding carboxylic acids is 1. The van der Waals surface area contributed by atoms with Gasteiger partial charge in [-0.25, -0.2) is 10.5 Å². The number of nitrogens with zero attached hydrogens (tertiary/aromatic N) is 4. The third kappa shape index (κ3) is 4.05. The van der Waals surface area contributed by atoms with E-state index in [1.54, 1.807) is 12.4 Å². The molecule has 0 fully saturated rings. The van der Waals surface area contributed by atoms with E-state index in [-0.39, 0.29) is 5.75 Å². The minimum absolute atomic E-state index is 0.134. The molecule has 0 radical (unpaired) electrons. The van der Waals surface area contributed by atoms with Crippen molar-refractivity contribution in [3.8, 4) is 0 Å². The number of rotatable bonds is 6. The number of aromatic nitrogens is 4. The van der Waals surface area contributed by atoms with Gasteiger partial charge in [-0.2, -0.15) is 10.1 Å². The lowest BCUT2D eigenvalue weighted by atomic mass is 10.2. The third-order valence-electron chi connectivity index (χ3n) is 2.22. The summed E-state index contributed by atoms with van der Waals surface area (Å²) in [6.45, 7) is 1.85. The van der Waals surface area contributed by atoms with Crippen molar-refractivity contribution in [2.75, 3.05) is 11.2 Å². The molecule has 20 heavy (non-hydrogen) atoms. The fraction of sp³-hybridized carbons (Fsp3) is 0.182. The van der Waals surface area contributed by atoms with Crippen molar-refractivity contribution in [3.63, 3.8) is 0 Å². The molecule has 0 aromatic carbocycles. The number of hydrogen-bond donors (Lipinski definition) is 3. The van der Waals surface area contributed by atoms with Gasteiger partial charge in [0.25, 0.3) is 0 Å². The molecule has 1 amide bonds. The van der Waals surface area contributed by atoms with Crippen LogP contribution >= 0.6 is 11.8 Å². The zero-order chi connectivity index (χ0) is 14.4. The Kier molecular flexibility index (Phi) is 4.66. The maximum Gasteiger partial charge on any atom is 0.240 e. The normalized spacial score (nSPS) is 11.3. The third-order valence-corrected chi connectivity index (χ3v) is 3.09. The summed E-state index contributed by atoms with van der Waals surface area (Å²) in [6, 6.07) is 3.74. The van der Waals surface area contributed by atoms with Crippen LogP contribution in [0.5, 0.6) is 0 Å². The Bertz CT molecular complexity index is 610. The molecule has 0 unspecified atom stereocenters. The van der Waals surface area contributed by atoms with Crippen molar-refractivity contribution < 1.29 is 4.79 Å². The summed E-state index contributed by atoms with van der Waals surface area (Å²) in [5.74, 6) is 0.106. The molecule has 4 N–H and O–H groups in total. The quantitative estimate of drug-likeness (QED) is 0.407. The van der Waals surface area contributed by atoms with Crippen molar-refractivity contribution in [3.05, 3.63) is 30.1 Å². The molecule has 0 atom stereocenters. The first-order valence-electron chi connectivity index (χ1n) is 5.69. The second-order valence-electron chi connectivity index (χ2n) is 3.77. The first-order valence-corrected chi connectivity index (χ1v) is 6.68. The number of hydrazone groups is 1. The smallest absolute Gasteiger partial charge is 0.240 e. The molecule has 0 aliphatic rings. The largest absolute Gasteiger partial charge is 0.369 e. The number of nitrogens with one attached hydrogen (secondary N) is 2. The summed E-state index contributed by atoms with van der Waals surface area (Å²) < 4.78 is 0. The number of pyridine rings is 1. The lowest BCUT2D eigenvalue weighted by Gasteiger charge is -1.99. The predicted molar refractivity (Wildman–Crippen MR) is 76.4 cm³/mol.